The maximum Gasteiger partial charge on any atom is 0.211 e. The van der Waals surface area contributed by atoms with Crippen LogP contribution in [0.3, 0.4) is 0 Å². The Morgan fingerprint density at radius 1 is 1.29 bits per heavy atom. The van der Waals surface area contributed by atoms with Crippen molar-refractivity contribution < 1.29 is 8.42 Å². The third-order valence-corrected chi connectivity index (χ3v) is 6.62. The number of H-pyrrole nitrogens is 1. The summed E-state index contributed by atoms with van der Waals surface area (Å²) < 4.78 is 24.8. The van der Waals surface area contributed by atoms with Gasteiger partial charge in [0.2, 0.25) is 15.8 Å². The van der Waals surface area contributed by atoms with Gasteiger partial charge in [-0.15, -0.1) is 0 Å². The van der Waals surface area contributed by atoms with Crippen LogP contribution in [0.2, 0.25) is 0 Å². The maximum atomic E-state index is 11.7. The Labute approximate surface area is 164 Å². The van der Waals surface area contributed by atoms with Gasteiger partial charge in [0.15, 0.2) is 0 Å². The number of aromatic amines is 1. The third-order valence-electron chi connectivity index (χ3n) is 5.31. The lowest BCUT2D eigenvalue weighted by Crippen LogP contribution is -2.52. The van der Waals surface area contributed by atoms with Gasteiger partial charge >= 0.3 is 0 Å². The van der Waals surface area contributed by atoms with Crippen molar-refractivity contribution in [1.82, 2.24) is 19.9 Å². The second-order valence-corrected chi connectivity index (χ2v) is 9.56. The molecule has 1 atom stereocenters. The average molecular weight is 403 g/mol. The van der Waals surface area contributed by atoms with Gasteiger partial charge < -0.3 is 15.6 Å². The topological polar surface area (TPSA) is 116 Å². The molecule has 0 saturated carbocycles. The van der Waals surface area contributed by atoms with E-state index in [4.69, 9.17) is 10.7 Å². The highest BCUT2D eigenvalue weighted by molar-refractivity contribution is 7.88. The Morgan fingerprint density at radius 3 is 2.75 bits per heavy atom. The highest BCUT2D eigenvalue weighted by Gasteiger charge is 2.30. The lowest BCUT2D eigenvalue weighted by Gasteiger charge is -2.34. The molecule has 3 heterocycles. The van der Waals surface area contributed by atoms with Crippen LogP contribution in [0.15, 0.2) is 41.5 Å². The van der Waals surface area contributed by atoms with E-state index in [-0.39, 0.29) is 6.04 Å². The van der Waals surface area contributed by atoms with Gasteiger partial charge in [-0.25, -0.2) is 17.7 Å². The molecule has 1 fully saturated rings. The summed E-state index contributed by atoms with van der Waals surface area (Å²) >= 11 is 0. The van der Waals surface area contributed by atoms with Crippen LogP contribution in [-0.4, -0.2) is 48.9 Å². The second kappa shape index (κ2) is 6.91. The number of hydrogen-bond acceptors (Lipinski definition) is 6. The van der Waals surface area contributed by atoms with Crippen LogP contribution in [0.5, 0.6) is 0 Å². The van der Waals surface area contributed by atoms with Crippen LogP contribution in [0.4, 0.5) is 0 Å². The van der Waals surface area contributed by atoms with Gasteiger partial charge in [0.25, 0.3) is 0 Å². The molecule has 150 valence electrons. The molecular formula is C19H26N6O2S. The molecule has 1 aromatic carbocycles. The van der Waals surface area contributed by atoms with Crippen molar-refractivity contribution in [3.05, 3.63) is 47.8 Å². The van der Waals surface area contributed by atoms with E-state index in [2.05, 4.69) is 21.7 Å². The Kier molecular flexibility index (Phi) is 4.68. The second-order valence-electron chi connectivity index (χ2n) is 7.58. The van der Waals surface area contributed by atoms with Gasteiger partial charge in [-0.2, -0.15) is 0 Å². The number of amidine groups is 1. The van der Waals surface area contributed by atoms with Crippen molar-refractivity contribution in [2.75, 3.05) is 19.3 Å². The summed E-state index contributed by atoms with van der Waals surface area (Å²) in [6.45, 7) is 3.06. The first kappa shape index (κ1) is 19.0. The monoisotopic (exact) mass is 402 g/mol. The minimum Gasteiger partial charge on any atom is -0.367 e. The van der Waals surface area contributed by atoms with E-state index >= 15 is 0 Å². The molecule has 28 heavy (non-hydrogen) atoms. The summed E-state index contributed by atoms with van der Waals surface area (Å²) in [5.74, 6) is -0.353. The molecule has 4 rings (SSSR count). The number of nitrogens with two attached hydrogens (primary N) is 1. The number of aliphatic imine (C=N–C) groups is 1. The van der Waals surface area contributed by atoms with E-state index < -0.39 is 15.8 Å². The summed E-state index contributed by atoms with van der Waals surface area (Å²) in [5.41, 5.74) is 9.60. The van der Waals surface area contributed by atoms with Crippen molar-refractivity contribution in [3.63, 3.8) is 0 Å². The van der Waals surface area contributed by atoms with Crippen molar-refractivity contribution in [3.8, 4) is 0 Å². The molecular weight excluding hydrogens is 376 g/mol. The predicted octanol–water partition coefficient (Wildman–Crippen LogP) is 1.07. The van der Waals surface area contributed by atoms with Crippen molar-refractivity contribution >= 4 is 26.8 Å². The highest BCUT2D eigenvalue weighted by atomic mass is 32.2. The first-order valence-electron chi connectivity index (χ1n) is 9.37. The molecule has 5 N–H and O–H groups in total. The lowest BCUT2D eigenvalue weighted by atomic mass is 10.0. The molecule has 0 amide bonds. The largest absolute Gasteiger partial charge is 0.367 e. The summed E-state index contributed by atoms with van der Waals surface area (Å²) in [4.78, 5) is 8.01. The number of hydrogen-bond donors (Lipinski definition) is 4. The van der Waals surface area contributed by atoms with Crippen molar-refractivity contribution in [1.29, 1.82) is 0 Å². The fraction of sp³-hybridized carbons (Fsp3) is 0.421. The third kappa shape index (κ3) is 3.78. The number of benzene rings is 1. The Hall–Kier alpha value is -2.36. The molecule has 1 saturated heterocycles. The maximum absolute atomic E-state index is 11.7. The number of fused-ring (bicyclic) bond motifs is 1. The Morgan fingerprint density at radius 2 is 2.04 bits per heavy atom. The smallest absolute Gasteiger partial charge is 0.211 e. The van der Waals surface area contributed by atoms with E-state index in [0.717, 1.165) is 35.0 Å². The SMILES string of the molecule is Cc1cc2cc(C3(N)N=C(NC4CCN(S(C)(=O)=O)CC4)C=CN3)ccc2[nH]1. The molecule has 0 radical (unpaired) electrons. The summed E-state index contributed by atoms with van der Waals surface area (Å²) in [7, 11) is -3.12. The minimum atomic E-state index is -3.12. The van der Waals surface area contributed by atoms with E-state index in [1.54, 1.807) is 6.20 Å². The zero-order valence-electron chi connectivity index (χ0n) is 16.1. The standard InChI is InChI=1S/C19H26N6O2S/c1-13-11-14-12-15(3-4-17(14)22-13)19(20)21-8-5-18(24-19)23-16-6-9-25(10-7-16)28(2,26)27/h3-5,8,11-12,16,21-22H,6-7,9-10,20H2,1-2H3,(H,23,24). The van der Waals surface area contributed by atoms with Gasteiger partial charge in [-0.3, -0.25) is 5.73 Å². The fourth-order valence-electron chi connectivity index (χ4n) is 3.79. The van der Waals surface area contributed by atoms with Gasteiger partial charge in [0.05, 0.1) is 6.26 Å². The molecule has 2 aliphatic heterocycles. The Balaban J connectivity index is 1.50. The first-order valence-corrected chi connectivity index (χ1v) is 11.2. The molecule has 9 heteroatoms. The van der Waals surface area contributed by atoms with E-state index in [9.17, 15) is 8.42 Å². The van der Waals surface area contributed by atoms with Crippen LogP contribution < -0.4 is 16.4 Å². The highest BCUT2D eigenvalue weighted by Crippen LogP contribution is 2.25. The fourth-order valence-corrected chi connectivity index (χ4v) is 4.67. The van der Waals surface area contributed by atoms with Crippen LogP contribution in [0.1, 0.15) is 24.1 Å². The van der Waals surface area contributed by atoms with Crippen molar-refractivity contribution in [2.24, 2.45) is 10.7 Å². The number of nitrogens with one attached hydrogen (secondary N) is 3. The van der Waals surface area contributed by atoms with E-state index in [0.29, 0.717) is 18.9 Å². The van der Waals surface area contributed by atoms with Crippen LogP contribution in [0, 0.1) is 6.92 Å². The summed E-state index contributed by atoms with van der Waals surface area (Å²) in [6.07, 6.45) is 6.38. The average Bonchev–Trinajstić information content (AvgIpc) is 3.00. The number of aromatic nitrogens is 1. The number of sulfonamides is 1. The van der Waals surface area contributed by atoms with E-state index in [1.807, 2.05) is 31.2 Å². The normalized spacial score (nSPS) is 24.2. The van der Waals surface area contributed by atoms with Gasteiger partial charge in [0.1, 0.15) is 5.84 Å². The van der Waals surface area contributed by atoms with Crippen LogP contribution >= 0.6 is 0 Å². The molecule has 0 spiro atoms. The molecule has 2 aromatic rings. The zero-order valence-corrected chi connectivity index (χ0v) is 16.9. The van der Waals surface area contributed by atoms with Crippen LogP contribution in [0.25, 0.3) is 10.9 Å². The molecule has 8 nitrogen and oxygen atoms in total. The van der Waals surface area contributed by atoms with Gasteiger partial charge in [-0.05, 0) is 44.0 Å². The van der Waals surface area contributed by atoms with Gasteiger partial charge in [-0.1, -0.05) is 6.07 Å². The zero-order chi connectivity index (χ0) is 19.9. The number of piperidine rings is 1. The molecule has 1 unspecified atom stereocenters. The van der Waals surface area contributed by atoms with Gasteiger partial charge in [0, 0.05) is 47.5 Å². The molecule has 0 aliphatic carbocycles. The predicted molar refractivity (Wildman–Crippen MR) is 111 cm³/mol. The minimum absolute atomic E-state index is 0.165. The number of nitrogens with zero attached hydrogens (tertiary/aromatic N) is 2. The lowest BCUT2D eigenvalue weighted by molar-refractivity contribution is 0.307. The first-order chi connectivity index (χ1) is 13.2. The van der Waals surface area contributed by atoms with Crippen molar-refractivity contribution in [2.45, 2.75) is 31.6 Å². The summed E-state index contributed by atoms with van der Waals surface area (Å²) in [5, 5.41) is 7.65. The number of aryl methyl sites for hydroxylation is 1. The molecule has 0 bridgehead atoms. The number of rotatable bonds is 3. The molecule has 1 aromatic heterocycles. The molecule has 2 aliphatic rings. The summed E-state index contributed by atoms with van der Waals surface area (Å²) in [6, 6.07) is 8.26. The van der Waals surface area contributed by atoms with E-state index in [1.165, 1.54) is 10.6 Å². The van der Waals surface area contributed by atoms with Crippen LogP contribution in [-0.2, 0) is 15.8 Å². The Bertz CT molecular complexity index is 1050. The quantitative estimate of drug-likeness (QED) is 0.613.